The molecule has 3 heteroatoms. The molecule has 0 aromatic heterocycles. The van der Waals surface area contributed by atoms with Crippen LogP contribution in [0.5, 0.6) is 0 Å². The highest BCUT2D eigenvalue weighted by Gasteiger charge is 2.13. The molecule has 0 aliphatic carbocycles. The second-order valence-corrected chi connectivity index (χ2v) is 3.81. The summed E-state index contributed by atoms with van der Waals surface area (Å²) in [6.07, 6.45) is 0.894. The van der Waals surface area contributed by atoms with Crippen molar-refractivity contribution in [2.24, 2.45) is 0 Å². The Morgan fingerprint density at radius 3 is 2.36 bits per heavy atom. The number of nitrogens with zero attached hydrogens (tertiary/aromatic N) is 1. The molecule has 0 aromatic rings. The van der Waals surface area contributed by atoms with Crippen molar-refractivity contribution in [2.45, 2.75) is 46.3 Å². The zero-order valence-electron chi connectivity index (χ0n) is 10.1. The molecule has 2 atom stereocenters. The number of hydrogen-bond donors (Lipinski definition) is 2. The fourth-order valence-corrected chi connectivity index (χ4v) is 1.53. The molecule has 86 valence electrons. The van der Waals surface area contributed by atoms with Crippen molar-refractivity contribution < 1.29 is 5.11 Å². The van der Waals surface area contributed by atoms with Crippen molar-refractivity contribution in [3.63, 3.8) is 0 Å². The largest absolute Gasteiger partial charge is 0.390 e. The molecule has 0 bridgehead atoms. The molecule has 0 aliphatic heterocycles. The van der Waals surface area contributed by atoms with Crippen molar-refractivity contribution in [3.8, 4) is 0 Å². The molecule has 0 radical (unpaired) electrons. The first kappa shape index (κ1) is 13.9. The summed E-state index contributed by atoms with van der Waals surface area (Å²) in [6.45, 7) is 12.0. The third kappa shape index (κ3) is 5.58. The minimum Gasteiger partial charge on any atom is -0.390 e. The van der Waals surface area contributed by atoms with Crippen LogP contribution in [0, 0.1) is 0 Å². The zero-order chi connectivity index (χ0) is 11.0. The molecular formula is C11H26N2O. The molecule has 0 spiro atoms. The lowest BCUT2D eigenvalue weighted by molar-refractivity contribution is 0.0930. The van der Waals surface area contributed by atoms with Crippen molar-refractivity contribution in [1.82, 2.24) is 10.2 Å². The van der Waals surface area contributed by atoms with Crippen molar-refractivity contribution in [3.05, 3.63) is 0 Å². The molecule has 2 N–H and O–H groups in total. The SMILES string of the molecule is CCNCC(O)CN(CC)C(C)CC. The van der Waals surface area contributed by atoms with Crippen molar-refractivity contribution >= 4 is 0 Å². The normalized spacial score (nSPS) is 15.9. The molecule has 14 heavy (non-hydrogen) atoms. The minimum atomic E-state index is -0.246. The Hall–Kier alpha value is -0.120. The van der Waals surface area contributed by atoms with Crippen LogP contribution < -0.4 is 5.32 Å². The second kappa shape index (κ2) is 8.21. The van der Waals surface area contributed by atoms with Gasteiger partial charge in [-0.2, -0.15) is 0 Å². The van der Waals surface area contributed by atoms with Crippen LogP contribution in [0.25, 0.3) is 0 Å². The molecule has 3 nitrogen and oxygen atoms in total. The van der Waals surface area contributed by atoms with Gasteiger partial charge in [0, 0.05) is 19.1 Å². The molecule has 0 fully saturated rings. The molecule has 0 aliphatic rings. The first-order valence-corrected chi connectivity index (χ1v) is 5.78. The van der Waals surface area contributed by atoms with Crippen molar-refractivity contribution in [1.29, 1.82) is 0 Å². The number of aliphatic hydroxyl groups is 1. The number of aliphatic hydroxyl groups excluding tert-OH is 1. The molecule has 0 saturated heterocycles. The second-order valence-electron chi connectivity index (χ2n) is 3.81. The van der Waals surface area contributed by atoms with E-state index in [1.807, 2.05) is 0 Å². The van der Waals surface area contributed by atoms with Crippen LogP contribution in [0.2, 0.25) is 0 Å². The fourth-order valence-electron chi connectivity index (χ4n) is 1.53. The van der Waals surface area contributed by atoms with Gasteiger partial charge in [0.25, 0.3) is 0 Å². The van der Waals surface area contributed by atoms with Gasteiger partial charge in [0.15, 0.2) is 0 Å². The summed E-state index contributed by atoms with van der Waals surface area (Å²) in [5.41, 5.74) is 0. The molecule has 0 aromatic carbocycles. The number of nitrogens with one attached hydrogen (secondary N) is 1. The summed E-state index contributed by atoms with van der Waals surface area (Å²) in [5.74, 6) is 0. The van der Waals surface area contributed by atoms with Gasteiger partial charge >= 0.3 is 0 Å². The molecule has 0 saturated carbocycles. The van der Waals surface area contributed by atoms with E-state index in [0.29, 0.717) is 12.6 Å². The number of hydrogen-bond acceptors (Lipinski definition) is 3. The lowest BCUT2D eigenvalue weighted by Crippen LogP contribution is -2.42. The Labute approximate surface area is 88.5 Å². The lowest BCUT2D eigenvalue weighted by Gasteiger charge is -2.29. The third-order valence-corrected chi connectivity index (χ3v) is 2.70. The van der Waals surface area contributed by atoms with E-state index in [1.165, 1.54) is 0 Å². The van der Waals surface area contributed by atoms with E-state index < -0.39 is 0 Å². The minimum absolute atomic E-state index is 0.246. The molecule has 0 heterocycles. The zero-order valence-corrected chi connectivity index (χ0v) is 10.1. The fraction of sp³-hybridized carbons (Fsp3) is 1.00. The summed E-state index contributed by atoms with van der Waals surface area (Å²) >= 11 is 0. The lowest BCUT2D eigenvalue weighted by atomic mass is 10.2. The maximum absolute atomic E-state index is 9.72. The van der Waals surface area contributed by atoms with Gasteiger partial charge in [-0.1, -0.05) is 20.8 Å². The summed E-state index contributed by atoms with van der Waals surface area (Å²) in [4.78, 5) is 2.32. The Morgan fingerprint density at radius 1 is 1.29 bits per heavy atom. The Bertz CT molecular complexity index is 130. The Kier molecular flexibility index (Phi) is 8.14. The number of likely N-dealkylation sites (N-methyl/N-ethyl adjacent to an activating group) is 2. The van der Waals surface area contributed by atoms with Crippen LogP contribution in [0.3, 0.4) is 0 Å². The summed E-state index contributed by atoms with van der Waals surface area (Å²) in [7, 11) is 0. The van der Waals surface area contributed by atoms with Crippen LogP contribution in [0.4, 0.5) is 0 Å². The van der Waals surface area contributed by atoms with Crippen LogP contribution in [0.1, 0.15) is 34.1 Å². The first-order chi connectivity index (χ1) is 6.65. The third-order valence-electron chi connectivity index (χ3n) is 2.70. The molecular weight excluding hydrogens is 176 g/mol. The van der Waals surface area contributed by atoms with Crippen LogP contribution in [0.15, 0.2) is 0 Å². The average molecular weight is 202 g/mol. The monoisotopic (exact) mass is 202 g/mol. The predicted octanol–water partition coefficient (Wildman–Crippen LogP) is 1.08. The van der Waals surface area contributed by atoms with Crippen LogP contribution in [-0.4, -0.2) is 48.3 Å². The van der Waals surface area contributed by atoms with Gasteiger partial charge in [0.2, 0.25) is 0 Å². The van der Waals surface area contributed by atoms with Gasteiger partial charge < -0.3 is 10.4 Å². The standard InChI is InChI=1S/C11H26N2O/c1-5-10(4)13(7-3)9-11(14)8-12-6-2/h10-12,14H,5-9H2,1-4H3. The summed E-state index contributed by atoms with van der Waals surface area (Å²) < 4.78 is 0. The highest BCUT2D eigenvalue weighted by Crippen LogP contribution is 2.03. The molecule has 0 amide bonds. The van der Waals surface area contributed by atoms with Gasteiger partial charge in [-0.25, -0.2) is 0 Å². The van der Waals surface area contributed by atoms with Crippen molar-refractivity contribution in [2.75, 3.05) is 26.2 Å². The van der Waals surface area contributed by atoms with Gasteiger partial charge in [0.1, 0.15) is 0 Å². The van der Waals surface area contributed by atoms with Gasteiger partial charge in [-0.05, 0) is 26.4 Å². The van der Waals surface area contributed by atoms with E-state index in [2.05, 4.69) is 37.9 Å². The van der Waals surface area contributed by atoms with Crippen LogP contribution in [-0.2, 0) is 0 Å². The highest BCUT2D eigenvalue weighted by molar-refractivity contribution is 4.70. The first-order valence-electron chi connectivity index (χ1n) is 5.78. The Balaban J connectivity index is 3.79. The maximum Gasteiger partial charge on any atom is 0.0791 e. The maximum atomic E-state index is 9.72. The van der Waals surface area contributed by atoms with E-state index in [9.17, 15) is 5.11 Å². The quantitative estimate of drug-likeness (QED) is 0.618. The highest BCUT2D eigenvalue weighted by atomic mass is 16.3. The van der Waals surface area contributed by atoms with Gasteiger partial charge in [0.05, 0.1) is 6.10 Å². The van der Waals surface area contributed by atoms with E-state index in [4.69, 9.17) is 0 Å². The summed E-state index contributed by atoms with van der Waals surface area (Å²) in [6, 6.07) is 0.566. The van der Waals surface area contributed by atoms with Gasteiger partial charge in [-0.3, -0.25) is 4.90 Å². The topological polar surface area (TPSA) is 35.5 Å². The summed E-state index contributed by atoms with van der Waals surface area (Å²) in [5, 5.41) is 12.9. The predicted molar refractivity (Wildman–Crippen MR) is 61.6 cm³/mol. The molecule has 0 rings (SSSR count). The van der Waals surface area contributed by atoms with Crippen LogP contribution >= 0.6 is 0 Å². The average Bonchev–Trinajstić information content (AvgIpc) is 2.21. The van der Waals surface area contributed by atoms with E-state index in [-0.39, 0.29) is 6.10 Å². The Morgan fingerprint density at radius 2 is 1.93 bits per heavy atom. The van der Waals surface area contributed by atoms with E-state index in [0.717, 1.165) is 26.1 Å². The number of rotatable bonds is 8. The molecule has 2 unspecified atom stereocenters. The van der Waals surface area contributed by atoms with Gasteiger partial charge in [-0.15, -0.1) is 0 Å². The smallest absolute Gasteiger partial charge is 0.0791 e. The van der Waals surface area contributed by atoms with E-state index in [1.54, 1.807) is 0 Å². The van der Waals surface area contributed by atoms with E-state index >= 15 is 0 Å².